The molecule has 30 heavy (non-hydrogen) atoms. The third-order valence-electron chi connectivity index (χ3n) is 5.51. The first-order valence-corrected chi connectivity index (χ1v) is 10.8. The molecule has 152 valence electrons. The summed E-state index contributed by atoms with van der Waals surface area (Å²) in [5, 5.41) is 6.19. The van der Waals surface area contributed by atoms with Gasteiger partial charge in [-0.15, -0.1) is 0 Å². The Kier molecular flexibility index (Phi) is 4.96. The summed E-state index contributed by atoms with van der Waals surface area (Å²) in [7, 11) is 0. The summed E-state index contributed by atoms with van der Waals surface area (Å²) >= 11 is 1.49. The van der Waals surface area contributed by atoms with Gasteiger partial charge in [0.25, 0.3) is 0 Å². The second kappa shape index (κ2) is 7.91. The topological polar surface area (TPSA) is 48.5 Å². The Bertz CT molecular complexity index is 1210. The predicted octanol–water partition coefficient (Wildman–Crippen LogP) is 4.62. The van der Waals surface area contributed by atoms with Gasteiger partial charge in [0.1, 0.15) is 11.3 Å². The van der Waals surface area contributed by atoms with Gasteiger partial charge in [0.15, 0.2) is 5.13 Å². The van der Waals surface area contributed by atoms with E-state index in [1.165, 1.54) is 22.8 Å². The van der Waals surface area contributed by atoms with Gasteiger partial charge in [-0.05, 0) is 28.5 Å². The Balaban J connectivity index is 1.21. The molecule has 1 aromatic heterocycles. The number of amides is 2. The molecule has 1 aliphatic rings. The molecule has 0 spiro atoms. The number of benzene rings is 3. The number of halogens is 1. The lowest BCUT2D eigenvalue weighted by Gasteiger charge is -2.34. The molecular weight excluding hydrogens is 399 g/mol. The van der Waals surface area contributed by atoms with Crippen LogP contribution in [0, 0.1) is 5.82 Å². The molecule has 0 unspecified atom stereocenters. The van der Waals surface area contributed by atoms with Crippen molar-refractivity contribution in [2.45, 2.75) is 6.54 Å². The minimum Gasteiger partial charge on any atom is -0.345 e. The zero-order valence-corrected chi connectivity index (χ0v) is 17.2. The van der Waals surface area contributed by atoms with Crippen molar-refractivity contribution >= 4 is 43.5 Å². The summed E-state index contributed by atoms with van der Waals surface area (Å²) in [6.45, 7) is 3.09. The number of para-hydroxylation sites is 1. The lowest BCUT2D eigenvalue weighted by molar-refractivity contribution is 0.194. The van der Waals surface area contributed by atoms with Crippen LogP contribution in [0.3, 0.4) is 0 Å². The molecule has 0 atom stereocenters. The molecule has 3 aromatic carbocycles. The quantitative estimate of drug-likeness (QED) is 0.526. The molecule has 0 radical (unpaired) electrons. The number of carbonyl (C=O) groups is 1. The Hall–Kier alpha value is -3.19. The van der Waals surface area contributed by atoms with Crippen molar-refractivity contribution in [1.29, 1.82) is 0 Å². The van der Waals surface area contributed by atoms with Crippen LogP contribution in [0.15, 0.2) is 60.7 Å². The van der Waals surface area contributed by atoms with Crippen LogP contribution in [-0.2, 0) is 6.54 Å². The van der Waals surface area contributed by atoms with Crippen molar-refractivity contribution in [1.82, 2.24) is 15.2 Å². The van der Waals surface area contributed by atoms with Crippen LogP contribution < -0.4 is 10.2 Å². The fraction of sp³-hybridized carbons (Fsp3) is 0.217. The SMILES string of the molecule is O=C(NCc1cccc2ccccc12)N1CCN(c2nc3c(F)cccc3s2)CC1. The summed E-state index contributed by atoms with van der Waals surface area (Å²) in [6, 6.07) is 19.3. The number of anilines is 1. The Morgan fingerprint density at radius 1 is 1.00 bits per heavy atom. The molecule has 5 rings (SSSR count). The van der Waals surface area contributed by atoms with Gasteiger partial charge in [-0.1, -0.05) is 59.9 Å². The minimum absolute atomic E-state index is 0.0575. The van der Waals surface area contributed by atoms with E-state index in [4.69, 9.17) is 0 Å². The highest BCUT2D eigenvalue weighted by molar-refractivity contribution is 7.22. The molecular formula is C23H21FN4OS. The van der Waals surface area contributed by atoms with Gasteiger partial charge >= 0.3 is 6.03 Å². The molecule has 7 heteroatoms. The first kappa shape index (κ1) is 18.8. The number of carbonyl (C=O) groups excluding carboxylic acids is 1. The van der Waals surface area contributed by atoms with E-state index in [2.05, 4.69) is 33.4 Å². The van der Waals surface area contributed by atoms with Crippen LogP contribution in [-0.4, -0.2) is 42.1 Å². The lowest BCUT2D eigenvalue weighted by Crippen LogP contribution is -2.51. The monoisotopic (exact) mass is 420 g/mol. The van der Waals surface area contributed by atoms with E-state index in [-0.39, 0.29) is 11.8 Å². The summed E-state index contributed by atoms with van der Waals surface area (Å²) in [5.74, 6) is -0.290. The highest BCUT2D eigenvalue weighted by atomic mass is 32.1. The summed E-state index contributed by atoms with van der Waals surface area (Å²) in [4.78, 5) is 21.1. The van der Waals surface area contributed by atoms with Crippen LogP contribution in [0.25, 0.3) is 21.0 Å². The third kappa shape index (κ3) is 3.57. The van der Waals surface area contributed by atoms with Crippen LogP contribution in [0.2, 0.25) is 0 Å². The van der Waals surface area contributed by atoms with Gasteiger partial charge in [-0.2, -0.15) is 0 Å². The van der Waals surface area contributed by atoms with Gasteiger partial charge in [-0.3, -0.25) is 0 Å². The molecule has 1 N–H and O–H groups in total. The standard InChI is InChI=1S/C23H21FN4OS/c24-19-9-4-10-20-21(19)26-23(30-20)28-13-11-27(12-14-28)22(29)25-15-17-7-3-6-16-5-1-2-8-18(16)17/h1-10H,11-15H2,(H,25,29). The van der Waals surface area contributed by atoms with E-state index < -0.39 is 0 Å². The zero-order valence-electron chi connectivity index (χ0n) is 16.3. The maximum atomic E-state index is 13.9. The van der Waals surface area contributed by atoms with E-state index in [0.29, 0.717) is 38.2 Å². The number of hydrogen-bond acceptors (Lipinski definition) is 4. The minimum atomic E-state index is -0.290. The smallest absolute Gasteiger partial charge is 0.317 e. The normalized spacial score (nSPS) is 14.4. The maximum Gasteiger partial charge on any atom is 0.317 e. The number of piperazine rings is 1. The largest absolute Gasteiger partial charge is 0.345 e. The summed E-state index contributed by atoms with van der Waals surface area (Å²) < 4.78 is 14.8. The molecule has 2 amide bonds. The number of nitrogens with zero attached hydrogens (tertiary/aromatic N) is 3. The lowest BCUT2D eigenvalue weighted by atomic mass is 10.0. The number of hydrogen-bond donors (Lipinski definition) is 1. The van der Waals surface area contributed by atoms with Gasteiger partial charge in [-0.25, -0.2) is 14.2 Å². The number of aromatic nitrogens is 1. The molecule has 1 saturated heterocycles. The third-order valence-corrected chi connectivity index (χ3v) is 6.59. The number of rotatable bonds is 3. The average molecular weight is 421 g/mol. The second-order valence-corrected chi connectivity index (χ2v) is 8.36. The number of nitrogens with one attached hydrogen (secondary N) is 1. The van der Waals surface area contributed by atoms with Gasteiger partial charge < -0.3 is 15.1 Å². The first-order valence-electron chi connectivity index (χ1n) is 9.98. The number of thiazole rings is 1. The Morgan fingerprint density at radius 3 is 2.60 bits per heavy atom. The highest BCUT2D eigenvalue weighted by Crippen LogP contribution is 2.30. The van der Waals surface area contributed by atoms with Crippen molar-refractivity contribution in [2.75, 3.05) is 31.1 Å². The van der Waals surface area contributed by atoms with E-state index in [1.54, 1.807) is 6.07 Å². The molecule has 2 heterocycles. The van der Waals surface area contributed by atoms with Crippen molar-refractivity contribution < 1.29 is 9.18 Å². The zero-order chi connectivity index (χ0) is 20.5. The molecule has 0 aliphatic carbocycles. The van der Waals surface area contributed by atoms with Crippen LogP contribution in [0.1, 0.15) is 5.56 Å². The van der Waals surface area contributed by atoms with Crippen molar-refractivity contribution in [3.63, 3.8) is 0 Å². The average Bonchev–Trinajstić information content (AvgIpc) is 3.23. The van der Waals surface area contributed by atoms with E-state index >= 15 is 0 Å². The van der Waals surface area contributed by atoms with Crippen molar-refractivity contribution in [3.8, 4) is 0 Å². The number of urea groups is 1. The fourth-order valence-electron chi connectivity index (χ4n) is 3.87. The van der Waals surface area contributed by atoms with Crippen LogP contribution in [0.5, 0.6) is 0 Å². The number of fused-ring (bicyclic) bond motifs is 2. The Morgan fingerprint density at radius 2 is 1.77 bits per heavy atom. The molecule has 5 nitrogen and oxygen atoms in total. The van der Waals surface area contributed by atoms with Gasteiger partial charge in [0.2, 0.25) is 0 Å². The van der Waals surface area contributed by atoms with E-state index in [0.717, 1.165) is 20.8 Å². The summed E-state index contributed by atoms with van der Waals surface area (Å²) in [5.41, 5.74) is 1.53. The van der Waals surface area contributed by atoms with Crippen molar-refractivity contribution in [2.24, 2.45) is 0 Å². The van der Waals surface area contributed by atoms with Gasteiger partial charge in [0, 0.05) is 32.7 Å². The highest BCUT2D eigenvalue weighted by Gasteiger charge is 2.23. The second-order valence-electron chi connectivity index (χ2n) is 7.35. The molecule has 1 aliphatic heterocycles. The van der Waals surface area contributed by atoms with Crippen molar-refractivity contribution in [3.05, 3.63) is 72.0 Å². The van der Waals surface area contributed by atoms with E-state index in [1.807, 2.05) is 35.2 Å². The van der Waals surface area contributed by atoms with Crippen LogP contribution >= 0.6 is 11.3 Å². The van der Waals surface area contributed by atoms with Gasteiger partial charge in [0.05, 0.1) is 4.70 Å². The predicted molar refractivity (Wildman–Crippen MR) is 120 cm³/mol. The molecule has 0 saturated carbocycles. The molecule has 4 aromatic rings. The Labute approximate surface area is 177 Å². The molecule has 0 bridgehead atoms. The fourth-order valence-corrected chi connectivity index (χ4v) is 4.90. The summed E-state index contributed by atoms with van der Waals surface area (Å²) in [6.07, 6.45) is 0. The van der Waals surface area contributed by atoms with E-state index in [9.17, 15) is 9.18 Å². The maximum absolute atomic E-state index is 13.9. The van der Waals surface area contributed by atoms with Crippen LogP contribution in [0.4, 0.5) is 14.3 Å². The first-order chi connectivity index (χ1) is 14.7. The molecule has 1 fully saturated rings.